The minimum Gasteiger partial charge on any atom is -0.378 e. The van der Waals surface area contributed by atoms with Gasteiger partial charge < -0.3 is 4.18 Å². The van der Waals surface area contributed by atoms with Crippen molar-refractivity contribution < 1.29 is 17.4 Å². The van der Waals surface area contributed by atoms with Gasteiger partial charge in [-0.1, -0.05) is 54.2 Å². The third-order valence-electron chi connectivity index (χ3n) is 4.14. The highest BCUT2D eigenvalue weighted by molar-refractivity contribution is 8.01. The van der Waals surface area contributed by atoms with E-state index in [4.69, 9.17) is 4.18 Å². The molecule has 0 spiro atoms. The fourth-order valence-corrected chi connectivity index (χ4v) is 5.50. The van der Waals surface area contributed by atoms with Gasteiger partial charge in [0.15, 0.2) is 10.1 Å². The number of amides is 1. The van der Waals surface area contributed by atoms with Crippen LogP contribution >= 0.6 is 23.1 Å². The van der Waals surface area contributed by atoms with E-state index in [-0.39, 0.29) is 22.3 Å². The maximum Gasteiger partial charge on any atom is 0.339 e. The van der Waals surface area contributed by atoms with Crippen LogP contribution in [0.2, 0.25) is 0 Å². The van der Waals surface area contributed by atoms with E-state index >= 15 is 0 Å². The number of fused-ring (bicyclic) bond motifs is 1. The summed E-state index contributed by atoms with van der Waals surface area (Å²) in [5.74, 6) is -0.0449. The Hall–Kier alpha value is -3.21. The van der Waals surface area contributed by atoms with Crippen LogP contribution in [0.1, 0.15) is 5.56 Å². The van der Waals surface area contributed by atoms with Crippen molar-refractivity contribution in [2.75, 3.05) is 5.75 Å². The third kappa shape index (κ3) is 5.52. The quantitative estimate of drug-likeness (QED) is 0.174. The van der Waals surface area contributed by atoms with Gasteiger partial charge in [-0.15, -0.1) is 11.3 Å². The second-order valence-corrected chi connectivity index (χ2v) is 10.2. The lowest BCUT2D eigenvalue weighted by atomic mass is 10.2. The zero-order valence-electron chi connectivity index (χ0n) is 16.5. The number of carbonyl (C=O) groups excluding carboxylic acids is 1. The number of hydrazone groups is 1. The van der Waals surface area contributed by atoms with Crippen LogP contribution in [-0.2, 0) is 14.9 Å². The average molecular weight is 484 g/mol. The predicted molar refractivity (Wildman–Crippen MR) is 127 cm³/mol. The number of nitrogens with one attached hydrogen (secondary N) is 1. The molecule has 0 aliphatic heterocycles. The molecule has 0 fully saturated rings. The molecule has 0 aliphatic rings. The van der Waals surface area contributed by atoms with E-state index in [0.717, 1.165) is 14.6 Å². The van der Waals surface area contributed by atoms with Gasteiger partial charge in [0.05, 0.1) is 22.2 Å². The molecule has 1 amide bonds. The molecule has 4 aromatic rings. The Balaban J connectivity index is 1.36. The van der Waals surface area contributed by atoms with E-state index in [1.807, 2.05) is 24.3 Å². The zero-order chi connectivity index (χ0) is 22.4. The molecular weight excluding hydrogens is 466 g/mol. The summed E-state index contributed by atoms with van der Waals surface area (Å²) in [6.45, 7) is 0. The van der Waals surface area contributed by atoms with Crippen molar-refractivity contribution in [2.24, 2.45) is 5.10 Å². The first-order valence-corrected chi connectivity index (χ1v) is 12.6. The summed E-state index contributed by atoms with van der Waals surface area (Å²) >= 11 is 2.85. The highest BCUT2D eigenvalue weighted by Gasteiger charge is 2.17. The molecule has 0 unspecified atom stereocenters. The molecule has 0 radical (unpaired) electrons. The van der Waals surface area contributed by atoms with Gasteiger partial charge in [-0.2, -0.15) is 13.5 Å². The van der Waals surface area contributed by atoms with Crippen LogP contribution in [0.15, 0.2) is 93.2 Å². The molecule has 10 heteroatoms. The molecule has 0 aliphatic carbocycles. The first-order chi connectivity index (χ1) is 15.5. The van der Waals surface area contributed by atoms with Gasteiger partial charge in [-0.3, -0.25) is 4.79 Å². The number of carbonyl (C=O) groups is 1. The Labute approximate surface area is 193 Å². The van der Waals surface area contributed by atoms with Crippen molar-refractivity contribution in [3.8, 4) is 5.75 Å². The van der Waals surface area contributed by atoms with Crippen molar-refractivity contribution in [3.63, 3.8) is 0 Å². The van der Waals surface area contributed by atoms with Crippen LogP contribution in [0.4, 0.5) is 0 Å². The first kappa shape index (κ1) is 22.0. The summed E-state index contributed by atoms with van der Waals surface area (Å²) in [5.41, 5.74) is 3.75. The average Bonchev–Trinajstić information content (AvgIpc) is 3.22. The van der Waals surface area contributed by atoms with Crippen LogP contribution in [0.25, 0.3) is 10.2 Å². The third-order valence-corrected chi connectivity index (χ3v) is 7.57. The minimum absolute atomic E-state index is 0.0481. The number of thioether (sulfide) groups is 1. The van der Waals surface area contributed by atoms with E-state index in [9.17, 15) is 13.2 Å². The van der Waals surface area contributed by atoms with Crippen molar-refractivity contribution >= 4 is 55.6 Å². The number of thiazole rings is 1. The van der Waals surface area contributed by atoms with Crippen LogP contribution in [-0.4, -0.2) is 31.3 Å². The predicted octanol–water partition coefficient (Wildman–Crippen LogP) is 4.31. The molecule has 4 rings (SSSR count). The molecule has 1 N–H and O–H groups in total. The summed E-state index contributed by atoms with van der Waals surface area (Å²) in [6.07, 6.45) is 1.34. The molecule has 32 heavy (non-hydrogen) atoms. The van der Waals surface area contributed by atoms with Crippen LogP contribution < -0.4 is 9.61 Å². The highest BCUT2D eigenvalue weighted by atomic mass is 32.2. The second kappa shape index (κ2) is 9.94. The zero-order valence-corrected chi connectivity index (χ0v) is 19.0. The molecule has 0 saturated heterocycles. The number of benzene rings is 3. The summed E-state index contributed by atoms with van der Waals surface area (Å²) < 4.78 is 32.1. The highest BCUT2D eigenvalue weighted by Crippen LogP contribution is 2.29. The number of aromatic nitrogens is 1. The second-order valence-electron chi connectivity index (χ2n) is 6.42. The lowest BCUT2D eigenvalue weighted by Crippen LogP contribution is -2.19. The Bertz CT molecular complexity index is 1340. The van der Waals surface area contributed by atoms with Gasteiger partial charge in [-0.25, -0.2) is 10.4 Å². The lowest BCUT2D eigenvalue weighted by molar-refractivity contribution is -0.118. The SMILES string of the molecule is O=C(CSc1nc2ccccc2s1)N/N=C\c1ccccc1OS(=O)(=O)c1ccccc1. The van der Waals surface area contributed by atoms with Gasteiger partial charge in [0.1, 0.15) is 4.90 Å². The molecule has 0 saturated carbocycles. The minimum atomic E-state index is -3.99. The maximum absolute atomic E-state index is 12.5. The van der Waals surface area contributed by atoms with Crippen LogP contribution in [0.3, 0.4) is 0 Å². The van der Waals surface area contributed by atoms with Crippen molar-refractivity contribution in [1.29, 1.82) is 0 Å². The Morgan fingerprint density at radius 3 is 2.56 bits per heavy atom. The Morgan fingerprint density at radius 1 is 1.03 bits per heavy atom. The molecule has 3 aromatic carbocycles. The van der Waals surface area contributed by atoms with E-state index in [1.54, 1.807) is 36.4 Å². The molecule has 0 atom stereocenters. The van der Waals surface area contributed by atoms with E-state index < -0.39 is 10.1 Å². The smallest absolute Gasteiger partial charge is 0.339 e. The van der Waals surface area contributed by atoms with Gasteiger partial charge in [0.2, 0.25) is 0 Å². The molecule has 1 heterocycles. The number of hydrogen-bond acceptors (Lipinski definition) is 8. The largest absolute Gasteiger partial charge is 0.378 e. The van der Waals surface area contributed by atoms with Gasteiger partial charge in [0, 0.05) is 5.56 Å². The Morgan fingerprint density at radius 2 is 1.75 bits per heavy atom. The van der Waals surface area contributed by atoms with Gasteiger partial charge in [0.25, 0.3) is 5.91 Å². The molecule has 162 valence electrons. The number of hydrogen-bond donors (Lipinski definition) is 1. The standard InChI is InChI=1S/C22H17N3O4S3/c26-21(15-30-22-24-18-11-5-7-13-20(18)31-22)25-23-14-16-8-4-6-12-19(16)29-32(27,28)17-9-2-1-3-10-17/h1-14H,15H2,(H,25,26)/b23-14-. The van der Waals surface area contributed by atoms with Crippen LogP contribution in [0.5, 0.6) is 5.75 Å². The fourth-order valence-electron chi connectivity index (χ4n) is 2.66. The molecule has 7 nitrogen and oxygen atoms in total. The summed E-state index contributed by atoms with van der Waals surface area (Å²) in [6, 6.07) is 22.2. The number of rotatable bonds is 8. The van der Waals surface area contributed by atoms with Gasteiger partial charge >= 0.3 is 10.1 Å². The van der Waals surface area contributed by atoms with Crippen molar-refractivity contribution in [2.45, 2.75) is 9.24 Å². The molecular formula is C22H17N3O4S3. The normalized spacial score (nSPS) is 11.6. The fraction of sp³-hybridized carbons (Fsp3) is 0.0455. The number of nitrogens with zero attached hydrogens (tertiary/aromatic N) is 2. The summed E-state index contributed by atoms with van der Waals surface area (Å²) in [4.78, 5) is 16.6. The first-order valence-electron chi connectivity index (χ1n) is 9.40. The lowest BCUT2D eigenvalue weighted by Gasteiger charge is -2.09. The van der Waals surface area contributed by atoms with Crippen molar-refractivity contribution in [1.82, 2.24) is 10.4 Å². The summed E-state index contributed by atoms with van der Waals surface area (Å²) in [7, 11) is -3.99. The topological polar surface area (TPSA) is 97.7 Å². The van der Waals surface area contributed by atoms with Crippen LogP contribution in [0, 0.1) is 0 Å². The van der Waals surface area contributed by atoms with Crippen molar-refractivity contribution in [3.05, 3.63) is 84.4 Å². The molecule has 1 aromatic heterocycles. The van der Waals surface area contributed by atoms with Gasteiger partial charge in [-0.05, 0) is 36.4 Å². The summed E-state index contributed by atoms with van der Waals surface area (Å²) in [5, 5.41) is 3.93. The maximum atomic E-state index is 12.5. The van der Waals surface area contributed by atoms with E-state index in [1.165, 1.54) is 47.5 Å². The number of para-hydroxylation sites is 2. The monoisotopic (exact) mass is 483 g/mol. The van der Waals surface area contributed by atoms with E-state index in [2.05, 4.69) is 15.5 Å². The van der Waals surface area contributed by atoms with E-state index in [0.29, 0.717) is 5.56 Å². The Kier molecular flexibility index (Phi) is 6.84. The molecule has 0 bridgehead atoms.